The first kappa shape index (κ1) is 33.5. The number of carbonyl (C=O) groups is 1. The van der Waals surface area contributed by atoms with Crippen LogP contribution in [0.1, 0.15) is 30.4 Å². The Morgan fingerprint density at radius 2 is 1.71 bits per heavy atom. The molecule has 1 amide bonds. The van der Waals surface area contributed by atoms with Gasteiger partial charge in [-0.3, -0.25) is 9.69 Å². The molecule has 3 fully saturated rings. The van der Waals surface area contributed by atoms with Gasteiger partial charge >= 0.3 is 0 Å². The van der Waals surface area contributed by atoms with Gasteiger partial charge in [0.1, 0.15) is 11.5 Å². The fraction of sp³-hybridized carbons (Fsp3) is 0.359. The standard InChI is InChI=1S/C39H41ClN6O5/c1-49-34-14-25(15-35(50-2)31(34)19-45-21-39(22-45)16-36(48)42-20-39)46-33-9-5-6-27(30(33)18-43-46)28-7-4-8-29(37(28)40)32-11-10-23(38(44-32)51-3)17-41-24-12-26(47)13-24/h4-11,14-15,18,24,26,41,47H,12-13,16-17,19-22H2,1-3H3,(H,42,48). The Kier molecular flexibility index (Phi) is 8.83. The third-order valence-corrected chi connectivity index (χ3v) is 10.9. The number of aromatic nitrogens is 3. The number of carbonyl (C=O) groups excluding carboxylic acids is 1. The van der Waals surface area contributed by atoms with Crippen molar-refractivity contribution in [2.24, 2.45) is 5.41 Å². The van der Waals surface area contributed by atoms with Crippen molar-refractivity contribution in [1.82, 2.24) is 30.3 Å². The summed E-state index contributed by atoms with van der Waals surface area (Å²) >= 11 is 7.18. The Morgan fingerprint density at radius 3 is 2.39 bits per heavy atom. The lowest BCUT2D eigenvalue weighted by Crippen LogP contribution is -2.56. The van der Waals surface area contributed by atoms with E-state index in [4.69, 9.17) is 35.9 Å². The van der Waals surface area contributed by atoms with Crippen LogP contribution in [0.15, 0.2) is 66.9 Å². The summed E-state index contributed by atoms with van der Waals surface area (Å²) in [6.45, 7) is 3.72. The zero-order valence-electron chi connectivity index (χ0n) is 28.9. The van der Waals surface area contributed by atoms with Crippen molar-refractivity contribution >= 4 is 28.4 Å². The molecular formula is C39H41ClN6O5. The number of amides is 1. The normalized spacial score (nSPS) is 19.5. The number of rotatable bonds is 11. The van der Waals surface area contributed by atoms with Gasteiger partial charge < -0.3 is 30.0 Å². The number of halogens is 1. The molecule has 1 aliphatic carbocycles. The maximum absolute atomic E-state index is 11.8. The molecule has 12 heteroatoms. The van der Waals surface area contributed by atoms with Crippen LogP contribution in [0.25, 0.3) is 39.0 Å². The number of hydrogen-bond acceptors (Lipinski definition) is 9. The van der Waals surface area contributed by atoms with Crippen LogP contribution in [0.3, 0.4) is 0 Å². The van der Waals surface area contributed by atoms with Crippen LogP contribution in [0, 0.1) is 5.41 Å². The number of benzene rings is 3. The van der Waals surface area contributed by atoms with E-state index in [9.17, 15) is 9.90 Å². The second-order valence-electron chi connectivity index (χ2n) is 14.0. The summed E-state index contributed by atoms with van der Waals surface area (Å²) < 4.78 is 19.4. The topological polar surface area (TPSA) is 123 Å². The van der Waals surface area contributed by atoms with Crippen LogP contribution >= 0.6 is 11.6 Å². The van der Waals surface area contributed by atoms with Crippen LogP contribution in [-0.2, 0) is 17.9 Å². The number of aliphatic hydroxyl groups excluding tert-OH is 1. The van der Waals surface area contributed by atoms with Gasteiger partial charge in [-0.05, 0) is 30.5 Å². The van der Waals surface area contributed by atoms with Crippen molar-refractivity contribution < 1.29 is 24.1 Å². The number of nitrogens with one attached hydrogen (secondary N) is 2. The second-order valence-corrected chi connectivity index (χ2v) is 14.3. The average molecular weight is 709 g/mol. The van der Waals surface area contributed by atoms with E-state index in [2.05, 4.69) is 21.6 Å². The largest absolute Gasteiger partial charge is 0.496 e. The molecule has 1 saturated carbocycles. The van der Waals surface area contributed by atoms with Crippen LogP contribution < -0.4 is 24.8 Å². The van der Waals surface area contributed by atoms with Crippen LogP contribution in [0.2, 0.25) is 5.02 Å². The minimum absolute atomic E-state index is 0.0403. The van der Waals surface area contributed by atoms with Gasteiger partial charge in [0, 0.05) is 84.8 Å². The van der Waals surface area contributed by atoms with Crippen molar-refractivity contribution in [3.05, 3.63) is 83.0 Å². The van der Waals surface area contributed by atoms with Gasteiger partial charge in [-0.1, -0.05) is 48.0 Å². The van der Waals surface area contributed by atoms with Gasteiger partial charge in [-0.15, -0.1) is 0 Å². The maximum Gasteiger partial charge on any atom is 0.220 e. The predicted octanol–water partition coefficient (Wildman–Crippen LogP) is 5.37. The van der Waals surface area contributed by atoms with E-state index in [-0.39, 0.29) is 17.4 Å². The van der Waals surface area contributed by atoms with E-state index in [0.717, 1.165) is 76.9 Å². The highest BCUT2D eigenvalue weighted by Crippen LogP contribution is 2.42. The summed E-state index contributed by atoms with van der Waals surface area (Å²) in [5, 5.41) is 22.4. The van der Waals surface area contributed by atoms with Gasteiger partial charge in [0.2, 0.25) is 11.8 Å². The summed E-state index contributed by atoms with van der Waals surface area (Å²) in [7, 11) is 4.96. The Morgan fingerprint density at radius 1 is 0.980 bits per heavy atom. The molecule has 3 aromatic carbocycles. The number of pyridine rings is 1. The molecule has 2 saturated heterocycles. The first-order valence-electron chi connectivity index (χ1n) is 17.2. The van der Waals surface area contributed by atoms with E-state index < -0.39 is 0 Å². The van der Waals surface area contributed by atoms with E-state index in [1.807, 2.05) is 65.5 Å². The van der Waals surface area contributed by atoms with Gasteiger partial charge in [0.25, 0.3) is 0 Å². The van der Waals surface area contributed by atoms with Crippen molar-refractivity contribution in [3.63, 3.8) is 0 Å². The number of hydrogen-bond donors (Lipinski definition) is 3. The molecule has 0 unspecified atom stereocenters. The minimum Gasteiger partial charge on any atom is -0.496 e. The lowest BCUT2D eigenvalue weighted by atomic mass is 9.79. The summed E-state index contributed by atoms with van der Waals surface area (Å²) in [5.41, 5.74) is 6.99. The molecule has 3 aliphatic rings. The summed E-state index contributed by atoms with van der Waals surface area (Å²) in [6.07, 6.45) is 3.77. The molecule has 8 rings (SSSR count). The fourth-order valence-electron chi connectivity index (χ4n) is 7.83. The number of fused-ring (bicyclic) bond motifs is 1. The zero-order valence-corrected chi connectivity index (χ0v) is 29.7. The Hall–Kier alpha value is -4.68. The number of ether oxygens (including phenoxy) is 3. The van der Waals surface area contributed by atoms with Gasteiger partial charge in [-0.25, -0.2) is 9.67 Å². The molecule has 2 aromatic heterocycles. The lowest BCUT2D eigenvalue weighted by molar-refractivity contribution is -0.120. The molecule has 1 spiro atoms. The molecule has 5 aromatic rings. The van der Waals surface area contributed by atoms with Gasteiger partial charge in [-0.2, -0.15) is 5.10 Å². The Balaban J connectivity index is 1.08. The molecular weight excluding hydrogens is 668 g/mol. The van der Waals surface area contributed by atoms with Gasteiger partial charge in [0.05, 0.1) is 61.1 Å². The van der Waals surface area contributed by atoms with Crippen molar-refractivity contribution in [3.8, 4) is 45.5 Å². The highest BCUT2D eigenvalue weighted by molar-refractivity contribution is 6.36. The highest BCUT2D eigenvalue weighted by Gasteiger charge is 2.48. The second kappa shape index (κ2) is 13.5. The lowest BCUT2D eigenvalue weighted by Gasteiger charge is -2.47. The smallest absolute Gasteiger partial charge is 0.220 e. The quantitative estimate of drug-likeness (QED) is 0.166. The summed E-state index contributed by atoms with van der Waals surface area (Å²) in [5.74, 6) is 2.11. The number of methoxy groups -OCH3 is 3. The molecule has 0 radical (unpaired) electrons. The highest BCUT2D eigenvalue weighted by atomic mass is 35.5. The molecule has 4 heterocycles. The molecule has 51 heavy (non-hydrogen) atoms. The molecule has 2 aliphatic heterocycles. The van der Waals surface area contributed by atoms with Crippen molar-refractivity contribution in [1.29, 1.82) is 0 Å². The number of nitrogens with zero attached hydrogens (tertiary/aromatic N) is 4. The van der Waals surface area contributed by atoms with E-state index >= 15 is 0 Å². The monoisotopic (exact) mass is 708 g/mol. The summed E-state index contributed by atoms with van der Waals surface area (Å²) in [4.78, 5) is 19.0. The third-order valence-electron chi connectivity index (χ3n) is 10.5. The Labute approximate surface area is 301 Å². The average Bonchev–Trinajstić information content (AvgIpc) is 3.73. The third kappa shape index (κ3) is 6.18. The maximum atomic E-state index is 11.8. The molecule has 0 atom stereocenters. The van der Waals surface area contributed by atoms with E-state index in [0.29, 0.717) is 53.6 Å². The van der Waals surface area contributed by atoms with E-state index in [1.165, 1.54) is 0 Å². The number of aliphatic hydroxyl groups is 1. The SMILES string of the molecule is COc1cc(-n2ncc3c(-c4cccc(-c5ccc(CNC6CC(O)C6)c(OC)n5)c4Cl)cccc32)cc(OC)c1CN1CC2(CNC(=O)C2)C1. The van der Waals surface area contributed by atoms with Crippen LogP contribution in [-0.4, -0.2) is 83.8 Å². The molecule has 3 N–H and O–H groups in total. The van der Waals surface area contributed by atoms with Crippen molar-refractivity contribution in [2.45, 2.75) is 44.5 Å². The van der Waals surface area contributed by atoms with Gasteiger partial charge in [0.15, 0.2) is 0 Å². The Bertz CT molecular complexity index is 2100. The number of likely N-dealkylation sites (tertiary alicyclic amines) is 1. The minimum atomic E-state index is -0.211. The molecule has 264 valence electrons. The zero-order chi connectivity index (χ0) is 35.3. The summed E-state index contributed by atoms with van der Waals surface area (Å²) in [6, 6.07) is 20.3. The molecule has 11 nitrogen and oxygen atoms in total. The van der Waals surface area contributed by atoms with E-state index in [1.54, 1.807) is 21.3 Å². The first-order valence-corrected chi connectivity index (χ1v) is 17.6. The molecule has 0 bridgehead atoms. The first-order chi connectivity index (χ1) is 24.8. The van der Waals surface area contributed by atoms with Crippen LogP contribution in [0.4, 0.5) is 0 Å². The van der Waals surface area contributed by atoms with Crippen LogP contribution in [0.5, 0.6) is 17.4 Å². The fourth-order valence-corrected chi connectivity index (χ4v) is 8.15. The van der Waals surface area contributed by atoms with Crippen molar-refractivity contribution in [2.75, 3.05) is 41.0 Å². The predicted molar refractivity (Wildman–Crippen MR) is 196 cm³/mol.